The van der Waals surface area contributed by atoms with Crippen LogP contribution in [0.25, 0.3) is 0 Å². The predicted molar refractivity (Wildman–Crippen MR) is 146 cm³/mol. The number of nitrogens with one attached hydrogen (secondary N) is 1. The van der Waals surface area contributed by atoms with Gasteiger partial charge in [0.25, 0.3) is 5.91 Å². The highest BCUT2D eigenvalue weighted by molar-refractivity contribution is 7.89. The summed E-state index contributed by atoms with van der Waals surface area (Å²) in [5, 5.41) is 1.16. The van der Waals surface area contributed by atoms with Gasteiger partial charge in [0.05, 0.1) is 24.5 Å². The number of carbonyl (C=O) groups is 1. The van der Waals surface area contributed by atoms with Gasteiger partial charge in [-0.15, -0.1) is 0 Å². The number of amides is 1. The normalized spacial score (nSPS) is 17.1. The van der Waals surface area contributed by atoms with Crippen molar-refractivity contribution in [2.24, 2.45) is 5.92 Å². The van der Waals surface area contributed by atoms with E-state index in [1.165, 1.54) is 12.1 Å². The molecule has 1 N–H and O–H groups in total. The van der Waals surface area contributed by atoms with Crippen LogP contribution in [-0.2, 0) is 10.0 Å². The van der Waals surface area contributed by atoms with Crippen molar-refractivity contribution in [3.8, 4) is 5.75 Å². The van der Waals surface area contributed by atoms with Crippen molar-refractivity contribution in [3.05, 3.63) is 98.8 Å². The van der Waals surface area contributed by atoms with Crippen LogP contribution >= 0.6 is 23.2 Å². The fourth-order valence-corrected chi connectivity index (χ4v) is 5.91. The van der Waals surface area contributed by atoms with Gasteiger partial charge in [0.15, 0.2) is 0 Å². The predicted octanol–water partition coefficient (Wildman–Crippen LogP) is 5.80. The number of carbonyl (C=O) groups excluding carboxylic acids is 1. The standard InChI is InChI=1S/C28H27Cl2FN2O4S/c1-38(35,36)32-28(34)24-12-23(18-7-8-18)26(13-25(24)31)37-16-17-14-33(15-17)27(19-5-3-2-4-6-19)20-9-21(29)11-22(30)10-20/h2-6,9-13,17-18,27H,7-8,14-16H2,1H3,(H,32,34)/t27-/m0/s1. The van der Waals surface area contributed by atoms with Crippen molar-refractivity contribution >= 4 is 39.1 Å². The second-order valence-electron chi connectivity index (χ2n) is 9.99. The molecule has 0 bridgehead atoms. The molecule has 1 heterocycles. The molecule has 1 saturated carbocycles. The summed E-state index contributed by atoms with van der Waals surface area (Å²) >= 11 is 12.6. The third-order valence-corrected chi connectivity index (χ3v) is 7.77. The minimum absolute atomic E-state index is 0.0178. The lowest BCUT2D eigenvalue weighted by atomic mass is 9.90. The van der Waals surface area contributed by atoms with E-state index in [1.807, 2.05) is 35.1 Å². The summed E-state index contributed by atoms with van der Waals surface area (Å²) < 4.78 is 45.6. The fourth-order valence-electron chi connectivity index (χ4n) is 4.92. The van der Waals surface area contributed by atoms with Gasteiger partial charge in [-0.2, -0.15) is 0 Å². The average molecular weight is 578 g/mol. The van der Waals surface area contributed by atoms with Gasteiger partial charge in [0.2, 0.25) is 10.0 Å². The van der Waals surface area contributed by atoms with E-state index in [2.05, 4.69) is 17.0 Å². The summed E-state index contributed by atoms with van der Waals surface area (Å²) in [4.78, 5) is 14.6. The molecule has 1 aliphatic carbocycles. The molecule has 200 valence electrons. The highest BCUT2D eigenvalue weighted by atomic mass is 35.5. The highest BCUT2D eigenvalue weighted by Crippen LogP contribution is 2.45. The Morgan fingerprint density at radius 2 is 1.71 bits per heavy atom. The molecule has 6 nitrogen and oxygen atoms in total. The highest BCUT2D eigenvalue weighted by Gasteiger charge is 2.36. The van der Waals surface area contributed by atoms with E-state index in [9.17, 15) is 17.6 Å². The number of halogens is 3. The molecule has 1 amide bonds. The van der Waals surface area contributed by atoms with E-state index >= 15 is 0 Å². The molecular weight excluding hydrogens is 550 g/mol. The maximum Gasteiger partial charge on any atom is 0.267 e. The monoisotopic (exact) mass is 576 g/mol. The molecule has 1 aliphatic heterocycles. The molecule has 10 heteroatoms. The van der Waals surface area contributed by atoms with Crippen molar-refractivity contribution < 1.29 is 22.3 Å². The number of ether oxygens (including phenoxy) is 1. The second-order valence-corrected chi connectivity index (χ2v) is 12.6. The quantitative estimate of drug-likeness (QED) is 0.348. The summed E-state index contributed by atoms with van der Waals surface area (Å²) in [5.41, 5.74) is 2.57. The van der Waals surface area contributed by atoms with Crippen molar-refractivity contribution in [3.63, 3.8) is 0 Å². The maximum atomic E-state index is 14.8. The first kappa shape index (κ1) is 26.9. The van der Waals surface area contributed by atoms with E-state index in [4.69, 9.17) is 27.9 Å². The molecule has 0 radical (unpaired) electrons. The summed E-state index contributed by atoms with van der Waals surface area (Å²) in [6.45, 7) is 1.92. The zero-order valence-corrected chi connectivity index (χ0v) is 23.0. The van der Waals surface area contributed by atoms with Gasteiger partial charge in [0, 0.05) is 35.1 Å². The van der Waals surface area contributed by atoms with Crippen molar-refractivity contribution in [1.82, 2.24) is 9.62 Å². The van der Waals surface area contributed by atoms with Crippen LogP contribution < -0.4 is 9.46 Å². The van der Waals surface area contributed by atoms with Crippen LogP contribution in [-0.4, -0.2) is 45.2 Å². The third-order valence-electron chi connectivity index (χ3n) is 6.78. The van der Waals surface area contributed by atoms with Gasteiger partial charge in [-0.1, -0.05) is 53.5 Å². The largest absolute Gasteiger partial charge is 0.493 e. The average Bonchev–Trinajstić information content (AvgIpc) is 3.64. The Kier molecular flexibility index (Phi) is 7.69. The fraction of sp³-hybridized carbons (Fsp3) is 0.321. The van der Waals surface area contributed by atoms with Crippen LogP contribution in [0.3, 0.4) is 0 Å². The van der Waals surface area contributed by atoms with Crippen molar-refractivity contribution in [1.29, 1.82) is 0 Å². The van der Waals surface area contributed by atoms with E-state index in [-0.39, 0.29) is 23.4 Å². The first-order valence-corrected chi connectivity index (χ1v) is 15.0. The van der Waals surface area contributed by atoms with Crippen LogP contribution in [0, 0.1) is 11.7 Å². The summed E-state index contributed by atoms with van der Waals surface area (Å²) in [5.74, 6) is -1.01. The molecular formula is C28H27Cl2FN2O4S. The Morgan fingerprint density at radius 3 is 2.32 bits per heavy atom. The molecule has 3 aromatic rings. The van der Waals surface area contributed by atoms with Gasteiger partial charge in [-0.25, -0.2) is 17.5 Å². The molecule has 1 atom stereocenters. The van der Waals surface area contributed by atoms with E-state index in [0.717, 1.165) is 48.9 Å². The zero-order valence-electron chi connectivity index (χ0n) is 20.7. The Labute approximate surface area is 231 Å². The van der Waals surface area contributed by atoms with E-state index in [0.29, 0.717) is 22.4 Å². The Bertz CT molecular complexity index is 1440. The number of likely N-dealkylation sites (tertiary alicyclic amines) is 1. The molecule has 2 fully saturated rings. The van der Waals surface area contributed by atoms with Gasteiger partial charge in [-0.3, -0.25) is 9.69 Å². The number of hydrogen-bond donors (Lipinski definition) is 1. The number of benzene rings is 3. The van der Waals surface area contributed by atoms with Crippen LogP contribution in [0.2, 0.25) is 10.0 Å². The van der Waals surface area contributed by atoms with Gasteiger partial charge < -0.3 is 4.74 Å². The summed E-state index contributed by atoms with van der Waals surface area (Å²) in [7, 11) is -3.81. The topological polar surface area (TPSA) is 75.7 Å². The molecule has 38 heavy (non-hydrogen) atoms. The van der Waals surface area contributed by atoms with E-state index < -0.39 is 21.7 Å². The summed E-state index contributed by atoms with van der Waals surface area (Å²) in [6, 6.07) is 18.3. The number of nitrogens with zero attached hydrogens (tertiary/aromatic N) is 1. The lowest BCUT2D eigenvalue weighted by molar-refractivity contribution is 0.0375. The Hall–Kier alpha value is -2.65. The number of sulfonamides is 1. The first-order chi connectivity index (χ1) is 18.1. The van der Waals surface area contributed by atoms with Crippen LogP contribution in [0.1, 0.15) is 51.8 Å². The van der Waals surface area contributed by atoms with Crippen LogP contribution in [0.15, 0.2) is 60.7 Å². The van der Waals surface area contributed by atoms with Crippen molar-refractivity contribution in [2.45, 2.75) is 24.8 Å². The lowest BCUT2D eigenvalue weighted by Crippen LogP contribution is -2.51. The smallest absolute Gasteiger partial charge is 0.267 e. The molecule has 0 aromatic heterocycles. The van der Waals surface area contributed by atoms with Crippen LogP contribution in [0.5, 0.6) is 5.75 Å². The lowest BCUT2D eigenvalue weighted by Gasteiger charge is -2.44. The first-order valence-electron chi connectivity index (χ1n) is 12.3. The van der Waals surface area contributed by atoms with Crippen LogP contribution in [0.4, 0.5) is 4.39 Å². The molecule has 1 saturated heterocycles. The minimum atomic E-state index is -3.81. The molecule has 0 spiro atoms. The minimum Gasteiger partial charge on any atom is -0.493 e. The molecule has 2 aliphatic rings. The number of hydrogen-bond acceptors (Lipinski definition) is 5. The number of rotatable bonds is 9. The van der Waals surface area contributed by atoms with Crippen molar-refractivity contribution in [2.75, 3.05) is 26.0 Å². The van der Waals surface area contributed by atoms with Gasteiger partial charge >= 0.3 is 0 Å². The SMILES string of the molecule is CS(=O)(=O)NC(=O)c1cc(C2CC2)c(OCC2CN([C@@H](c3ccccc3)c3cc(Cl)cc(Cl)c3)C2)cc1F. The summed E-state index contributed by atoms with van der Waals surface area (Å²) in [6.07, 6.45) is 2.67. The Morgan fingerprint density at radius 1 is 1.05 bits per heavy atom. The molecule has 3 aromatic carbocycles. The molecule has 0 unspecified atom stereocenters. The molecule has 5 rings (SSSR count). The third kappa shape index (κ3) is 6.31. The van der Waals surface area contributed by atoms with E-state index in [1.54, 1.807) is 6.07 Å². The maximum absolute atomic E-state index is 14.8. The van der Waals surface area contributed by atoms with Gasteiger partial charge in [0.1, 0.15) is 11.6 Å². The zero-order chi connectivity index (χ0) is 27.0. The Balaban J connectivity index is 1.29. The second kappa shape index (κ2) is 10.8. The van der Waals surface area contributed by atoms with Gasteiger partial charge in [-0.05, 0) is 59.7 Å².